The molecule has 1 N–H and O–H groups in total. The molecule has 0 bridgehead atoms. The van der Waals surface area contributed by atoms with E-state index in [2.05, 4.69) is 39.1 Å². The molecule has 5 rings (SSSR count). The molecule has 1 atom stereocenters. The number of carbonyl (C=O) groups excluding carboxylic acids is 1. The standard InChI is InChI=1S/C24H27FN4O/c25-19-7-10-21-22(14-19)27-23(26-21)13-18-3-1-11-28(16-18)15-17-5-8-20(9-6-17)29-12-2-4-24(29)30/h5-10,14,18H,1-4,11-13,15-16H2,(H,26,27). The Kier molecular flexibility index (Phi) is 5.25. The normalized spacial score (nSPS) is 20.4. The molecule has 0 aliphatic carbocycles. The van der Waals surface area contributed by atoms with Crippen LogP contribution in [0.15, 0.2) is 42.5 Å². The van der Waals surface area contributed by atoms with E-state index in [9.17, 15) is 9.18 Å². The number of H-pyrrole nitrogens is 1. The molecule has 0 radical (unpaired) electrons. The van der Waals surface area contributed by atoms with Gasteiger partial charge in [-0.2, -0.15) is 0 Å². The molecule has 1 amide bonds. The summed E-state index contributed by atoms with van der Waals surface area (Å²) in [5, 5.41) is 0. The molecular formula is C24H27FN4O. The van der Waals surface area contributed by atoms with Crippen molar-refractivity contribution in [3.05, 3.63) is 59.7 Å². The van der Waals surface area contributed by atoms with Crippen LogP contribution in [0.4, 0.5) is 10.1 Å². The van der Waals surface area contributed by atoms with Crippen LogP contribution in [0.1, 0.15) is 37.1 Å². The highest BCUT2D eigenvalue weighted by atomic mass is 19.1. The van der Waals surface area contributed by atoms with E-state index in [0.717, 1.165) is 61.6 Å². The number of nitrogens with zero attached hydrogens (tertiary/aromatic N) is 3. The zero-order valence-corrected chi connectivity index (χ0v) is 17.1. The molecule has 156 valence electrons. The van der Waals surface area contributed by atoms with Crippen LogP contribution in [-0.4, -0.2) is 40.4 Å². The Hall–Kier alpha value is -2.73. The van der Waals surface area contributed by atoms with Crippen LogP contribution in [0.5, 0.6) is 0 Å². The molecular weight excluding hydrogens is 379 g/mol. The molecule has 1 unspecified atom stereocenters. The van der Waals surface area contributed by atoms with Crippen molar-refractivity contribution in [1.82, 2.24) is 14.9 Å². The largest absolute Gasteiger partial charge is 0.342 e. The van der Waals surface area contributed by atoms with Gasteiger partial charge in [0.15, 0.2) is 0 Å². The number of likely N-dealkylation sites (tertiary alicyclic amines) is 1. The summed E-state index contributed by atoms with van der Waals surface area (Å²) < 4.78 is 13.4. The summed E-state index contributed by atoms with van der Waals surface area (Å²) in [5.74, 6) is 1.49. The topological polar surface area (TPSA) is 52.2 Å². The highest BCUT2D eigenvalue weighted by molar-refractivity contribution is 5.95. The molecule has 2 fully saturated rings. The first kappa shape index (κ1) is 19.2. The van der Waals surface area contributed by atoms with Crippen molar-refractivity contribution in [2.24, 2.45) is 5.92 Å². The fourth-order valence-electron chi connectivity index (χ4n) is 4.83. The first-order chi connectivity index (χ1) is 14.6. The van der Waals surface area contributed by atoms with Gasteiger partial charge >= 0.3 is 0 Å². The van der Waals surface area contributed by atoms with E-state index < -0.39 is 0 Å². The second kappa shape index (κ2) is 8.19. The van der Waals surface area contributed by atoms with Gasteiger partial charge in [-0.15, -0.1) is 0 Å². The second-order valence-electron chi connectivity index (χ2n) is 8.61. The summed E-state index contributed by atoms with van der Waals surface area (Å²) in [7, 11) is 0. The van der Waals surface area contributed by atoms with Crippen LogP contribution in [0.2, 0.25) is 0 Å². The number of piperidine rings is 1. The monoisotopic (exact) mass is 406 g/mol. The van der Waals surface area contributed by atoms with Crippen molar-refractivity contribution in [1.29, 1.82) is 0 Å². The lowest BCUT2D eigenvalue weighted by atomic mass is 9.94. The zero-order valence-electron chi connectivity index (χ0n) is 17.1. The van der Waals surface area contributed by atoms with E-state index >= 15 is 0 Å². The number of halogens is 1. The van der Waals surface area contributed by atoms with Crippen LogP contribution >= 0.6 is 0 Å². The average Bonchev–Trinajstić information content (AvgIpc) is 3.34. The number of anilines is 1. The Bertz CT molecular complexity index is 1050. The van der Waals surface area contributed by atoms with Gasteiger partial charge in [0.05, 0.1) is 11.0 Å². The Morgan fingerprint density at radius 1 is 1.10 bits per heavy atom. The van der Waals surface area contributed by atoms with Crippen LogP contribution in [0.3, 0.4) is 0 Å². The van der Waals surface area contributed by atoms with Crippen LogP contribution in [0.25, 0.3) is 11.0 Å². The Morgan fingerprint density at radius 2 is 1.97 bits per heavy atom. The van der Waals surface area contributed by atoms with E-state index in [0.29, 0.717) is 12.3 Å². The van der Waals surface area contributed by atoms with Gasteiger partial charge in [-0.1, -0.05) is 12.1 Å². The highest BCUT2D eigenvalue weighted by Crippen LogP contribution is 2.25. The van der Waals surface area contributed by atoms with E-state index in [1.54, 1.807) is 6.07 Å². The number of carbonyl (C=O) groups is 1. The fourth-order valence-corrected chi connectivity index (χ4v) is 4.83. The number of fused-ring (bicyclic) bond motifs is 1. The first-order valence-electron chi connectivity index (χ1n) is 10.9. The number of amides is 1. The maximum absolute atomic E-state index is 13.4. The van der Waals surface area contributed by atoms with E-state index in [4.69, 9.17) is 0 Å². The minimum Gasteiger partial charge on any atom is -0.342 e. The number of nitrogens with one attached hydrogen (secondary N) is 1. The summed E-state index contributed by atoms with van der Waals surface area (Å²) in [6.07, 6.45) is 4.88. The van der Waals surface area contributed by atoms with E-state index in [-0.39, 0.29) is 11.7 Å². The fraction of sp³-hybridized carbons (Fsp3) is 0.417. The highest BCUT2D eigenvalue weighted by Gasteiger charge is 2.23. The van der Waals surface area contributed by atoms with Crippen LogP contribution in [0, 0.1) is 11.7 Å². The van der Waals surface area contributed by atoms with Crippen molar-refractivity contribution in [3.8, 4) is 0 Å². The van der Waals surface area contributed by atoms with Gasteiger partial charge in [0, 0.05) is 38.2 Å². The van der Waals surface area contributed by atoms with Gasteiger partial charge in [-0.25, -0.2) is 9.37 Å². The molecule has 0 spiro atoms. The van der Waals surface area contributed by atoms with Crippen molar-refractivity contribution >= 4 is 22.6 Å². The van der Waals surface area contributed by atoms with Crippen molar-refractivity contribution in [2.75, 3.05) is 24.5 Å². The molecule has 2 saturated heterocycles. The Morgan fingerprint density at radius 3 is 2.77 bits per heavy atom. The predicted octanol–water partition coefficient (Wildman–Crippen LogP) is 4.28. The third kappa shape index (κ3) is 4.10. The van der Waals surface area contributed by atoms with Gasteiger partial charge in [0.25, 0.3) is 0 Å². The first-order valence-corrected chi connectivity index (χ1v) is 10.9. The van der Waals surface area contributed by atoms with Crippen molar-refractivity contribution in [3.63, 3.8) is 0 Å². The molecule has 2 aliphatic heterocycles. The van der Waals surface area contributed by atoms with Gasteiger partial charge in [-0.3, -0.25) is 9.69 Å². The number of aromatic nitrogens is 2. The molecule has 5 nitrogen and oxygen atoms in total. The molecule has 30 heavy (non-hydrogen) atoms. The van der Waals surface area contributed by atoms with Gasteiger partial charge in [-0.05, 0) is 67.6 Å². The van der Waals surface area contributed by atoms with Gasteiger partial charge in [0.2, 0.25) is 5.91 Å². The number of aromatic amines is 1. The lowest BCUT2D eigenvalue weighted by molar-refractivity contribution is -0.117. The minimum atomic E-state index is -0.235. The Balaban J connectivity index is 1.20. The number of benzene rings is 2. The molecule has 2 aliphatic rings. The summed E-state index contributed by atoms with van der Waals surface area (Å²) in [5.41, 5.74) is 3.90. The number of rotatable bonds is 5. The maximum atomic E-state index is 13.4. The number of hydrogen-bond acceptors (Lipinski definition) is 3. The van der Waals surface area contributed by atoms with E-state index in [1.165, 1.54) is 30.5 Å². The van der Waals surface area contributed by atoms with Crippen LogP contribution in [-0.2, 0) is 17.8 Å². The third-order valence-electron chi connectivity index (χ3n) is 6.31. The molecule has 0 saturated carbocycles. The summed E-state index contributed by atoms with van der Waals surface area (Å²) in [6, 6.07) is 13.2. The van der Waals surface area contributed by atoms with Crippen molar-refractivity contribution < 1.29 is 9.18 Å². The quantitative estimate of drug-likeness (QED) is 0.688. The maximum Gasteiger partial charge on any atom is 0.227 e. The minimum absolute atomic E-state index is 0.231. The molecule has 3 aromatic rings. The van der Waals surface area contributed by atoms with E-state index in [1.807, 2.05) is 4.90 Å². The predicted molar refractivity (Wildman–Crippen MR) is 116 cm³/mol. The van der Waals surface area contributed by atoms with Gasteiger partial charge < -0.3 is 9.88 Å². The third-order valence-corrected chi connectivity index (χ3v) is 6.31. The molecule has 1 aromatic heterocycles. The number of imidazole rings is 1. The summed E-state index contributed by atoms with van der Waals surface area (Å²) in [6.45, 7) is 3.91. The number of hydrogen-bond donors (Lipinski definition) is 1. The lowest BCUT2D eigenvalue weighted by Gasteiger charge is -2.32. The SMILES string of the molecule is O=C1CCCN1c1ccc(CN2CCCC(Cc3nc4ccc(F)cc4[nH]3)C2)cc1. The summed E-state index contributed by atoms with van der Waals surface area (Å²) >= 11 is 0. The van der Waals surface area contributed by atoms with Crippen molar-refractivity contribution in [2.45, 2.75) is 38.6 Å². The zero-order chi connectivity index (χ0) is 20.5. The molecule has 6 heteroatoms. The second-order valence-corrected chi connectivity index (χ2v) is 8.61. The smallest absolute Gasteiger partial charge is 0.227 e. The summed E-state index contributed by atoms with van der Waals surface area (Å²) in [4.78, 5) is 24.2. The molecule has 2 aromatic carbocycles. The average molecular weight is 407 g/mol. The van der Waals surface area contributed by atoms with Crippen LogP contribution < -0.4 is 4.90 Å². The lowest BCUT2D eigenvalue weighted by Crippen LogP contribution is -2.35. The Labute approximate surface area is 175 Å². The molecule has 3 heterocycles. The van der Waals surface area contributed by atoms with Gasteiger partial charge in [0.1, 0.15) is 11.6 Å².